The van der Waals surface area contributed by atoms with Gasteiger partial charge < -0.3 is 4.74 Å². The average molecular weight is 222 g/mol. The predicted molar refractivity (Wildman–Crippen MR) is 68.2 cm³/mol. The number of hydrogen-bond acceptors (Lipinski definition) is 2. The van der Waals surface area contributed by atoms with Gasteiger partial charge >= 0.3 is 5.97 Å². The topological polar surface area (TPSA) is 26.3 Å². The van der Waals surface area contributed by atoms with E-state index in [9.17, 15) is 4.79 Å². The number of hydrogen-bond donors (Lipinski definition) is 0. The maximum absolute atomic E-state index is 10.8. The first-order valence-electron chi connectivity index (χ1n) is 5.59. The van der Waals surface area contributed by atoms with Crippen molar-refractivity contribution in [3.63, 3.8) is 0 Å². The van der Waals surface area contributed by atoms with Gasteiger partial charge in [-0.15, -0.1) is 0 Å². The number of ether oxygens (including phenoxy) is 1. The second kappa shape index (κ2) is 8.96. The number of carbonyl (C=O) groups is 1. The molecule has 90 valence electrons. The van der Waals surface area contributed by atoms with Crippen molar-refractivity contribution in [3.05, 3.63) is 35.5 Å². The van der Waals surface area contributed by atoms with Crippen LogP contribution in [-0.2, 0) is 9.53 Å². The number of rotatable bonds is 6. The number of carbonyl (C=O) groups excluding carboxylic acids is 1. The van der Waals surface area contributed by atoms with Gasteiger partial charge in [-0.3, -0.25) is 0 Å². The van der Waals surface area contributed by atoms with Crippen LogP contribution in [0.1, 0.15) is 40.0 Å². The molecule has 0 aromatic carbocycles. The van der Waals surface area contributed by atoms with Crippen molar-refractivity contribution in [2.45, 2.75) is 40.0 Å². The lowest BCUT2D eigenvalue weighted by atomic mass is 10.1. The average Bonchev–Trinajstić information content (AvgIpc) is 2.23. The minimum Gasteiger partial charge on any atom is -0.466 e. The molecule has 16 heavy (non-hydrogen) atoms. The van der Waals surface area contributed by atoms with E-state index >= 15 is 0 Å². The molecule has 2 nitrogen and oxygen atoms in total. The van der Waals surface area contributed by atoms with Crippen LogP contribution in [0.25, 0.3) is 0 Å². The van der Waals surface area contributed by atoms with Gasteiger partial charge in [0.2, 0.25) is 0 Å². The Kier molecular flexibility index (Phi) is 8.22. The summed E-state index contributed by atoms with van der Waals surface area (Å²) >= 11 is 0. The fourth-order valence-corrected chi connectivity index (χ4v) is 1.19. The maximum atomic E-state index is 10.8. The molecule has 0 aliphatic carbocycles. The lowest BCUT2D eigenvalue weighted by Gasteiger charge is -1.97. The first-order valence-corrected chi connectivity index (χ1v) is 5.59. The second-order valence-electron chi connectivity index (χ2n) is 4.03. The summed E-state index contributed by atoms with van der Waals surface area (Å²) in [6, 6.07) is 0. The standard InChI is InChI=1S/C14H22O2/c1-12(2)8-7-10-13(3)9-5-6-11-14(15)16-4/h6,8-9,11H,5,7,10H2,1-4H3/b11-6+,13-9+. The highest BCUT2D eigenvalue weighted by Gasteiger charge is 1.90. The molecule has 0 heterocycles. The molecule has 0 aliphatic rings. The summed E-state index contributed by atoms with van der Waals surface area (Å²) in [5.74, 6) is -0.296. The largest absolute Gasteiger partial charge is 0.466 e. The molecule has 0 amide bonds. The van der Waals surface area contributed by atoms with Crippen LogP contribution in [0.4, 0.5) is 0 Å². The Balaban J connectivity index is 3.83. The van der Waals surface area contributed by atoms with Gasteiger partial charge in [-0.1, -0.05) is 29.4 Å². The van der Waals surface area contributed by atoms with Crippen molar-refractivity contribution in [1.82, 2.24) is 0 Å². The number of allylic oxidation sites excluding steroid dienone is 5. The van der Waals surface area contributed by atoms with Crippen LogP contribution in [-0.4, -0.2) is 13.1 Å². The lowest BCUT2D eigenvalue weighted by molar-refractivity contribution is -0.134. The highest BCUT2D eigenvalue weighted by molar-refractivity contribution is 5.81. The Labute approximate surface area is 98.7 Å². The monoisotopic (exact) mass is 222 g/mol. The molecular formula is C14H22O2. The second-order valence-corrected chi connectivity index (χ2v) is 4.03. The fraction of sp³-hybridized carbons (Fsp3) is 0.500. The van der Waals surface area contributed by atoms with E-state index in [-0.39, 0.29) is 5.97 Å². The van der Waals surface area contributed by atoms with Crippen LogP contribution >= 0.6 is 0 Å². The van der Waals surface area contributed by atoms with Gasteiger partial charge in [0.1, 0.15) is 0 Å². The van der Waals surface area contributed by atoms with Gasteiger partial charge in [-0.05, 0) is 40.0 Å². The van der Waals surface area contributed by atoms with Crippen molar-refractivity contribution in [2.24, 2.45) is 0 Å². The Morgan fingerprint density at radius 3 is 2.44 bits per heavy atom. The highest BCUT2D eigenvalue weighted by atomic mass is 16.5. The molecule has 0 saturated heterocycles. The molecule has 0 aromatic rings. The zero-order chi connectivity index (χ0) is 12.4. The van der Waals surface area contributed by atoms with Crippen LogP contribution < -0.4 is 0 Å². The van der Waals surface area contributed by atoms with Gasteiger partial charge in [-0.25, -0.2) is 4.79 Å². The first kappa shape index (κ1) is 14.7. The Bertz CT molecular complexity index is 292. The number of methoxy groups -OCH3 is 1. The smallest absolute Gasteiger partial charge is 0.330 e. The van der Waals surface area contributed by atoms with Crippen LogP contribution in [0.15, 0.2) is 35.5 Å². The van der Waals surface area contributed by atoms with Crippen LogP contribution in [0, 0.1) is 0 Å². The zero-order valence-corrected chi connectivity index (χ0v) is 10.7. The molecule has 0 N–H and O–H groups in total. The summed E-state index contributed by atoms with van der Waals surface area (Å²) in [4.78, 5) is 10.8. The van der Waals surface area contributed by atoms with Crippen LogP contribution in [0.3, 0.4) is 0 Å². The van der Waals surface area contributed by atoms with E-state index in [0.717, 1.165) is 19.3 Å². The maximum Gasteiger partial charge on any atom is 0.330 e. The Morgan fingerprint density at radius 1 is 1.19 bits per heavy atom. The SMILES string of the molecule is COC(=O)/C=C/C/C=C(\C)CCC=C(C)C. The molecule has 0 atom stereocenters. The minimum absolute atomic E-state index is 0.296. The van der Waals surface area contributed by atoms with Crippen molar-refractivity contribution in [2.75, 3.05) is 7.11 Å². The summed E-state index contributed by atoms with van der Waals surface area (Å²) in [6.07, 6.45) is 10.6. The van der Waals surface area contributed by atoms with E-state index < -0.39 is 0 Å². The Morgan fingerprint density at radius 2 is 1.88 bits per heavy atom. The summed E-state index contributed by atoms with van der Waals surface area (Å²) in [5.41, 5.74) is 2.71. The molecule has 0 spiro atoms. The lowest BCUT2D eigenvalue weighted by Crippen LogP contribution is -1.93. The van der Waals surface area contributed by atoms with Gasteiger partial charge in [0, 0.05) is 6.08 Å². The van der Waals surface area contributed by atoms with E-state index in [4.69, 9.17) is 0 Å². The van der Waals surface area contributed by atoms with E-state index in [1.54, 1.807) is 0 Å². The molecule has 0 rings (SSSR count). The molecule has 0 saturated carbocycles. The summed E-state index contributed by atoms with van der Waals surface area (Å²) < 4.78 is 4.49. The van der Waals surface area contributed by atoms with Gasteiger partial charge in [0.05, 0.1) is 7.11 Å². The van der Waals surface area contributed by atoms with Crippen LogP contribution in [0.2, 0.25) is 0 Å². The van der Waals surface area contributed by atoms with Gasteiger partial charge in [0.15, 0.2) is 0 Å². The minimum atomic E-state index is -0.296. The van der Waals surface area contributed by atoms with Crippen molar-refractivity contribution in [1.29, 1.82) is 0 Å². The zero-order valence-electron chi connectivity index (χ0n) is 10.7. The summed E-state index contributed by atoms with van der Waals surface area (Å²) in [6.45, 7) is 6.33. The van der Waals surface area contributed by atoms with Crippen LogP contribution in [0.5, 0.6) is 0 Å². The highest BCUT2D eigenvalue weighted by Crippen LogP contribution is 2.07. The van der Waals surface area contributed by atoms with E-state index in [2.05, 4.69) is 37.7 Å². The molecule has 0 aromatic heterocycles. The molecule has 0 unspecified atom stereocenters. The molecular weight excluding hydrogens is 200 g/mol. The van der Waals surface area contributed by atoms with E-state index in [1.807, 2.05) is 6.08 Å². The molecule has 0 fully saturated rings. The van der Waals surface area contributed by atoms with Crippen molar-refractivity contribution < 1.29 is 9.53 Å². The van der Waals surface area contributed by atoms with Crippen molar-refractivity contribution >= 4 is 5.97 Å². The molecule has 0 bridgehead atoms. The molecule has 0 radical (unpaired) electrons. The third-order valence-electron chi connectivity index (χ3n) is 2.15. The predicted octanol–water partition coefficient (Wildman–Crippen LogP) is 3.80. The quantitative estimate of drug-likeness (QED) is 0.388. The van der Waals surface area contributed by atoms with E-state index in [1.165, 1.54) is 24.3 Å². The summed E-state index contributed by atoms with van der Waals surface area (Å²) in [5, 5.41) is 0. The first-order chi connectivity index (χ1) is 7.56. The molecule has 0 aliphatic heterocycles. The number of esters is 1. The summed E-state index contributed by atoms with van der Waals surface area (Å²) in [7, 11) is 1.38. The van der Waals surface area contributed by atoms with Gasteiger partial charge in [-0.2, -0.15) is 0 Å². The third-order valence-corrected chi connectivity index (χ3v) is 2.15. The van der Waals surface area contributed by atoms with Gasteiger partial charge in [0.25, 0.3) is 0 Å². The molecule has 2 heteroatoms. The van der Waals surface area contributed by atoms with E-state index in [0.29, 0.717) is 0 Å². The fourth-order valence-electron chi connectivity index (χ4n) is 1.19. The normalized spacial score (nSPS) is 11.6. The Hall–Kier alpha value is -1.31. The van der Waals surface area contributed by atoms with Crippen molar-refractivity contribution in [3.8, 4) is 0 Å². The third kappa shape index (κ3) is 9.25.